The van der Waals surface area contributed by atoms with Crippen molar-refractivity contribution in [3.05, 3.63) is 54.5 Å². The molecule has 0 spiro atoms. The van der Waals surface area contributed by atoms with Crippen LogP contribution in [-0.4, -0.2) is 15.8 Å². The third kappa shape index (κ3) is 4.24. The summed E-state index contributed by atoms with van der Waals surface area (Å²) in [5.74, 6) is 0.199. The Kier molecular flexibility index (Phi) is 5.23. The third-order valence-electron chi connectivity index (χ3n) is 3.33. The second kappa shape index (κ2) is 7.19. The summed E-state index contributed by atoms with van der Waals surface area (Å²) in [5, 5.41) is 3.94. The Balaban J connectivity index is 1.69. The van der Waals surface area contributed by atoms with E-state index in [0.717, 1.165) is 35.4 Å². The molecule has 6 heteroatoms. The van der Waals surface area contributed by atoms with Crippen molar-refractivity contribution in [3.8, 4) is 10.6 Å². The summed E-state index contributed by atoms with van der Waals surface area (Å²) in [5.41, 5.74) is 3.01. The summed E-state index contributed by atoms with van der Waals surface area (Å²) in [6, 6.07) is 8.06. The predicted molar refractivity (Wildman–Crippen MR) is 104 cm³/mol. The highest BCUT2D eigenvalue weighted by atomic mass is 127. The molecule has 0 N–H and O–H groups in total. The molecule has 3 aromatic rings. The van der Waals surface area contributed by atoms with Crippen molar-refractivity contribution in [2.24, 2.45) is 0 Å². The van der Waals surface area contributed by atoms with E-state index in [1.165, 1.54) is 0 Å². The van der Waals surface area contributed by atoms with E-state index in [-0.39, 0.29) is 5.78 Å². The number of thiazole rings is 2. The summed E-state index contributed by atoms with van der Waals surface area (Å²) in [4.78, 5) is 22.4. The molecule has 2 heterocycles. The molecule has 0 saturated heterocycles. The Morgan fingerprint density at radius 2 is 2.04 bits per heavy atom. The molecule has 0 aliphatic heterocycles. The van der Waals surface area contributed by atoms with E-state index in [1.807, 2.05) is 37.4 Å². The number of rotatable bonds is 5. The molecule has 0 bridgehead atoms. The largest absolute Gasteiger partial charge is 0.299 e. The lowest BCUT2D eigenvalue weighted by molar-refractivity contribution is -0.117. The van der Waals surface area contributed by atoms with E-state index in [1.54, 1.807) is 22.7 Å². The Morgan fingerprint density at radius 1 is 1.22 bits per heavy atom. The minimum Gasteiger partial charge on any atom is -0.299 e. The lowest BCUT2D eigenvalue weighted by Crippen LogP contribution is -2.06. The van der Waals surface area contributed by atoms with Crippen molar-refractivity contribution >= 4 is 51.0 Å². The fraction of sp³-hybridized carbons (Fsp3) is 0.235. The van der Waals surface area contributed by atoms with Crippen LogP contribution in [0.4, 0.5) is 0 Å². The molecule has 118 valence electrons. The van der Waals surface area contributed by atoms with Crippen molar-refractivity contribution in [3.63, 3.8) is 0 Å². The van der Waals surface area contributed by atoms with Crippen LogP contribution in [0.25, 0.3) is 10.6 Å². The van der Waals surface area contributed by atoms with Crippen LogP contribution in [0.2, 0.25) is 0 Å². The van der Waals surface area contributed by atoms with E-state index >= 15 is 0 Å². The summed E-state index contributed by atoms with van der Waals surface area (Å²) < 4.78 is 1.15. The number of benzene rings is 1. The van der Waals surface area contributed by atoms with Crippen LogP contribution in [0.3, 0.4) is 0 Å². The molecule has 1 aromatic carbocycles. The monoisotopic (exact) mass is 454 g/mol. The molecular weight excluding hydrogens is 439 g/mol. The van der Waals surface area contributed by atoms with Crippen molar-refractivity contribution < 1.29 is 4.79 Å². The first kappa shape index (κ1) is 16.7. The second-order valence-electron chi connectivity index (χ2n) is 5.30. The highest BCUT2D eigenvalue weighted by Gasteiger charge is 2.13. The predicted octanol–water partition coefficient (Wildman–Crippen LogP) is 4.84. The molecule has 0 saturated carbocycles. The topological polar surface area (TPSA) is 42.9 Å². The summed E-state index contributed by atoms with van der Waals surface area (Å²) in [7, 11) is 0. The van der Waals surface area contributed by atoms with Gasteiger partial charge in [0, 0.05) is 15.4 Å². The van der Waals surface area contributed by atoms with Gasteiger partial charge in [-0.25, -0.2) is 9.97 Å². The van der Waals surface area contributed by atoms with E-state index in [4.69, 9.17) is 0 Å². The SMILES string of the molecule is Cc1nc(C)c(-c2csc(CC(=O)Cc3cccc(I)c3)n2)s1. The minimum absolute atomic E-state index is 0.199. The first-order valence-corrected chi connectivity index (χ1v) is 9.93. The number of halogens is 1. The number of ketones is 1. The molecule has 0 unspecified atom stereocenters. The number of nitrogens with zero attached hydrogens (tertiary/aromatic N) is 2. The molecule has 0 aliphatic rings. The van der Waals surface area contributed by atoms with Gasteiger partial charge in [-0.1, -0.05) is 12.1 Å². The maximum Gasteiger partial charge on any atom is 0.144 e. The van der Waals surface area contributed by atoms with Gasteiger partial charge in [0.25, 0.3) is 0 Å². The fourth-order valence-corrected chi connectivity index (χ4v) is 4.75. The average molecular weight is 454 g/mol. The van der Waals surface area contributed by atoms with Gasteiger partial charge in [0.15, 0.2) is 0 Å². The maximum absolute atomic E-state index is 12.3. The van der Waals surface area contributed by atoms with Crippen molar-refractivity contribution in [2.75, 3.05) is 0 Å². The highest BCUT2D eigenvalue weighted by Crippen LogP contribution is 2.30. The van der Waals surface area contributed by atoms with Crippen molar-refractivity contribution in [1.82, 2.24) is 9.97 Å². The molecule has 0 aliphatic carbocycles. The Labute approximate surface area is 157 Å². The summed E-state index contributed by atoms with van der Waals surface area (Å²) in [6.45, 7) is 4.00. The number of aromatic nitrogens is 2. The quantitative estimate of drug-likeness (QED) is 0.518. The molecule has 23 heavy (non-hydrogen) atoms. The fourth-order valence-electron chi connectivity index (χ4n) is 2.37. The van der Waals surface area contributed by atoms with Gasteiger partial charge in [-0.15, -0.1) is 22.7 Å². The van der Waals surface area contributed by atoms with E-state index in [0.29, 0.717) is 12.8 Å². The number of Topliss-reactive ketones (excluding diaryl/α,β-unsaturated/α-hetero) is 1. The van der Waals surface area contributed by atoms with Crippen molar-refractivity contribution in [2.45, 2.75) is 26.7 Å². The lowest BCUT2D eigenvalue weighted by Gasteiger charge is -2.00. The number of aryl methyl sites for hydroxylation is 2. The zero-order valence-electron chi connectivity index (χ0n) is 12.8. The van der Waals surface area contributed by atoms with Gasteiger partial charge in [0.1, 0.15) is 10.8 Å². The first-order chi connectivity index (χ1) is 11.0. The van der Waals surface area contributed by atoms with Gasteiger partial charge in [0.05, 0.1) is 27.7 Å². The standard InChI is InChI=1S/C17H15IN2OS2/c1-10-17(23-11(2)19-10)15-9-22-16(20-15)8-14(21)7-12-4-3-5-13(18)6-12/h3-6,9H,7-8H2,1-2H3. The van der Waals surface area contributed by atoms with Gasteiger partial charge < -0.3 is 0 Å². The molecule has 0 atom stereocenters. The molecule has 0 fully saturated rings. The van der Waals surface area contributed by atoms with E-state index in [9.17, 15) is 4.79 Å². The van der Waals surface area contributed by atoms with Crippen LogP contribution >= 0.6 is 45.3 Å². The first-order valence-electron chi connectivity index (χ1n) is 7.16. The maximum atomic E-state index is 12.3. The average Bonchev–Trinajstić information content (AvgIpc) is 3.05. The summed E-state index contributed by atoms with van der Waals surface area (Å²) >= 11 is 5.47. The zero-order valence-corrected chi connectivity index (χ0v) is 16.6. The molecule has 2 aromatic heterocycles. The number of carbonyl (C=O) groups is 1. The lowest BCUT2D eigenvalue weighted by atomic mass is 10.1. The van der Waals surface area contributed by atoms with Crippen molar-refractivity contribution in [1.29, 1.82) is 0 Å². The molecular formula is C17H15IN2OS2. The number of hydrogen-bond acceptors (Lipinski definition) is 5. The molecule has 0 amide bonds. The Morgan fingerprint density at radius 3 is 2.74 bits per heavy atom. The number of carbonyl (C=O) groups excluding carboxylic acids is 1. The van der Waals surface area contributed by atoms with E-state index < -0.39 is 0 Å². The third-order valence-corrected chi connectivity index (χ3v) is 5.94. The molecule has 0 radical (unpaired) electrons. The van der Waals surface area contributed by atoms with Crippen LogP contribution in [0, 0.1) is 17.4 Å². The van der Waals surface area contributed by atoms with Gasteiger partial charge >= 0.3 is 0 Å². The van der Waals surface area contributed by atoms with Gasteiger partial charge in [0.2, 0.25) is 0 Å². The zero-order chi connectivity index (χ0) is 16.4. The van der Waals surface area contributed by atoms with Gasteiger partial charge in [-0.2, -0.15) is 0 Å². The van der Waals surface area contributed by atoms with Gasteiger partial charge in [-0.05, 0) is 54.1 Å². The van der Waals surface area contributed by atoms with Gasteiger partial charge in [-0.3, -0.25) is 4.79 Å². The van der Waals surface area contributed by atoms with Crippen LogP contribution in [-0.2, 0) is 17.6 Å². The Hall–Kier alpha value is -1.12. The van der Waals surface area contributed by atoms with Crippen LogP contribution in [0.15, 0.2) is 29.6 Å². The van der Waals surface area contributed by atoms with Crippen LogP contribution in [0.5, 0.6) is 0 Å². The number of hydrogen-bond donors (Lipinski definition) is 0. The summed E-state index contributed by atoms with van der Waals surface area (Å²) in [6.07, 6.45) is 0.859. The highest BCUT2D eigenvalue weighted by molar-refractivity contribution is 14.1. The molecule has 3 rings (SSSR count). The van der Waals surface area contributed by atoms with E-state index in [2.05, 4.69) is 38.6 Å². The molecule has 3 nitrogen and oxygen atoms in total. The normalized spacial score (nSPS) is 10.9. The minimum atomic E-state index is 0.199. The van der Waals surface area contributed by atoms with Crippen LogP contribution < -0.4 is 0 Å². The second-order valence-corrected chi connectivity index (χ2v) is 8.69. The Bertz CT molecular complexity index is 854. The smallest absolute Gasteiger partial charge is 0.144 e. The van der Waals surface area contributed by atoms with Crippen LogP contribution in [0.1, 0.15) is 21.3 Å².